The molecule has 2 N–H and O–H groups in total. The topological polar surface area (TPSA) is 98.9 Å². The highest BCUT2D eigenvalue weighted by atomic mass is 16.6. The summed E-state index contributed by atoms with van der Waals surface area (Å²) in [5.41, 5.74) is 1.64. The number of nitrogens with one attached hydrogen (secondary N) is 2. The molecule has 4 atom stereocenters. The summed E-state index contributed by atoms with van der Waals surface area (Å²) in [6.07, 6.45) is 10.8. The van der Waals surface area contributed by atoms with Gasteiger partial charge >= 0.3 is 5.97 Å². The maximum Gasteiger partial charge on any atom is 0.313 e. The van der Waals surface area contributed by atoms with Gasteiger partial charge in [-0.05, 0) is 159 Å². The lowest BCUT2D eigenvalue weighted by Crippen LogP contribution is -2.77. The number of methoxy groups -OCH3 is 2. The summed E-state index contributed by atoms with van der Waals surface area (Å²) in [5, 5.41) is 11.1. The van der Waals surface area contributed by atoms with Crippen LogP contribution in [0.2, 0.25) is 0 Å². The first-order valence-corrected chi connectivity index (χ1v) is 21.0. The molecule has 2 aromatic rings. The molecule has 1 aliphatic heterocycles. The van der Waals surface area contributed by atoms with Gasteiger partial charge in [0.25, 0.3) is 5.91 Å². The number of carbonyl (C=O) groups excluding carboxylic acids is 2. The highest BCUT2D eigenvalue weighted by Crippen LogP contribution is 2.64. The van der Waals surface area contributed by atoms with E-state index >= 15 is 0 Å². The molecule has 2 radical (unpaired) electrons. The van der Waals surface area contributed by atoms with Crippen molar-refractivity contribution in [3.8, 4) is 11.5 Å². The highest BCUT2D eigenvalue weighted by molar-refractivity contribution is 5.95. The van der Waals surface area contributed by atoms with Crippen molar-refractivity contribution < 1.29 is 23.8 Å². The lowest BCUT2D eigenvalue weighted by molar-refractivity contribution is -0.194. The largest absolute Gasteiger partial charge is 0.496 e. The molecule has 7 rings (SSSR count). The first kappa shape index (κ1) is 42.8. The maximum atomic E-state index is 14.7. The monoisotopic (exact) mass is 785 g/mol. The molecule has 4 fully saturated rings. The van der Waals surface area contributed by atoms with Crippen molar-refractivity contribution in [1.82, 2.24) is 25.4 Å². The van der Waals surface area contributed by atoms with Gasteiger partial charge in [0.15, 0.2) is 0 Å². The second-order valence-corrected chi connectivity index (χ2v) is 18.5. The third-order valence-electron chi connectivity index (χ3n) is 12.9. The van der Waals surface area contributed by atoms with Crippen molar-refractivity contribution in [2.24, 2.45) is 17.8 Å². The summed E-state index contributed by atoms with van der Waals surface area (Å²) < 4.78 is 18.4. The summed E-state index contributed by atoms with van der Waals surface area (Å²) >= 11 is 0. The van der Waals surface area contributed by atoms with E-state index in [0.717, 1.165) is 81.4 Å². The van der Waals surface area contributed by atoms with Crippen LogP contribution in [0.15, 0.2) is 48.7 Å². The summed E-state index contributed by atoms with van der Waals surface area (Å²) in [5.74, 6) is 1.53. The van der Waals surface area contributed by atoms with Gasteiger partial charge in [-0.2, -0.15) is 0 Å². The molecular weight excluding hydrogens is 717 g/mol. The summed E-state index contributed by atoms with van der Waals surface area (Å²) in [7, 11) is 15.9. The average Bonchev–Trinajstić information content (AvgIpc) is 3.61. The van der Waals surface area contributed by atoms with Crippen LogP contribution in [0.4, 0.5) is 5.69 Å². The predicted octanol–water partition coefficient (Wildman–Crippen LogP) is 7.04. The van der Waals surface area contributed by atoms with E-state index in [4.69, 9.17) is 21.3 Å². The van der Waals surface area contributed by atoms with Crippen molar-refractivity contribution in [2.75, 3.05) is 66.6 Å². The first-order valence-electron chi connectivity index (χ1n) is 21.0. The molecule has 11 heteroatoms. The second-order valence-electron chi connectivity index (χ2n) is 18.5. The molecule has 312 valence electrons. The quantitative estimate of drug-likeness (QED) is 0.0988. The lowest BCUT2D eigenvalue weighted by Gasteiger charge is -2.68. The molecule has 4 saturated carbocycles. The molecule has 0 saturated heterocycles. The van der Waals surface area contributed by atoms with Gasteiger partial charge in [-0.25, -0.2) is 0 Å². The van der Waals surface area contributed by atoms with E-state index in [9.17, 15) is 9.59 Å². The summed E-state index contributed by atoms with van der Waals surface area (Å²) in [4.78, 5) is 32.9. The number of carbonyl (C=O) groups is 2. The van der Waals surface area contributed by atoms with Crippen LogP contribution in [-0.4, -0.2) is 105 Å². The Morgan fingerprint density at radius 1 is 0.965 bits per heavy atom. The molecule has 57 heavy (non-hydrogen) atoms. The van der Waals surface area contributed by atoms with E-state index < -0.39 is 22.6 Å². The molecule has 5 aliphatic rings. The number of esters is 1. The van der Waals surface area contributed by atoms with E-state index in [1.165, 1.54) is 0 Å². The fraction of sp³-hybridized carbons (Fsp3) is 0.630. The zero-order chi connectivity index (χ0) is 41.3. The number of hydrogen-bond acceptors (Lipinski definition) is 10. The van der Waals surface area contributed by atoms with E-state index in [0.29, 0.717) is 35.4 Å². The fourth-order valence-electron chi connectivity index (χ4n) is 10.8. The minimum Gasteiger partial charge on any atom is -0.496 e. The lowest BCUT2D eigenvalue weighted by atomic mass is 9.45. The van der Waals surface area contributed by atoms with Crippen molar-refractivity contribution in [1.29, 1.82) is 0 Å². The third-order valence-corrected chi connectivity index (χ3v) is 12.9. The average molecular weight is 785 g/mol. The second kappa shape index (κ2) is 17.2. The number of hydrogen-bond donors (Lipinski definition) is 2. The van der Waals surface area contributed by atoms with E-state index in [1.54, 1.807) is 14.2 Å². The third kappa shape index (κ3) is 8.39. The molecule has 1 amide bonds. The van der Waals surface area contributed by atoms with Gasteiger partial charge in [0.1, 0.15) is 29.1 Å². The Morgan fingerprint density at radius 3 is 2.19 bits per heavy atom. The molecule has 4 bridgehead atoms. The number of benzene rings is 2. The SMILES string of the molecule is [CH]NC12CC3CC(C1)CC(N1C=CC(c4c(OC)cccc4OC)N1c1ccc(C(=O)N(C)CCCN(C)CCCNC)cc1C(C)C)(C3)C2C(=O)OC(C)(C)C. The van der Waals surface area contributed by atoms with Crippen LogP contribution in [0.25, 0.3) is 0 Å². The Morgan fingerprint density at radius 2 is 1.61 bits per heavy atom. The smallest absolute Gasteiger partial charge is 0.313 e. The highest BCUT2D eigenvalue weighted by Gasteiger charge is 2.70. The minimum atomic E-state index is -0.667. The molecule has 2 aromatic carbocycles. The van der Waals surface area contributed by atoms with Gasteiger partial charge in [-0.1, -0.05) is 19.9 Å². The number of hydrazine groups is 1. The van der Waals surface area contributed by atoms with Crippen LogP contribution in [-0.2, 0) is 9.53 Å². The Balaban J connectivity index is 1.43. The van der Waals surface area contributed by atoms with Crippen molar-refractivity contribution in [3.05, 3.63) is 72.4 Å². The van der Waals surface area contributed by atoms with E-state index in [-0.39, 0.29) is 23.8 Å². The summed E-state index contributed by atoms with van der Waals surface area (Å²) in [6.45, 7) is 13.8. The molecular formula is C46H68N6O5. The molecule has 4 unspecified atom stereocenters. The van der Waals surface area contributed by atoms with Crippen molar-refractivity contribution in [3.63, 3.8) is 0 Å². The summed E-state index contributed by atoms with van der Waals surface area (Å²) in [6, 6.07) is 11.7. The Labute approximate surface area is 342 Å². The van der Waals surface area contributed by atoms with Crippen molar-refractivity contribution in [2.45, 2.75) is 108 Å². The number of rotatable bonds is 17. The molecule has 4 aliphatic carbocycles. The number of anilines is 1. The van der Waals surface area contributed by atoms with Crippen molar-refractivity contribution >= 4 is 17.6 Å². The molecule has 1 heterocycles. The van der Waals surface area contributed by atoms with Gasteiger partial charge < -0.3 is 34.6 Å². The van der Waals surface area contributed by atoms with Gasteiger partial charge in [-0.3, -0.25) is 19.6 Å². The number of nitrogens with zero attached hydrogens (tertiary/aromatic N) is 4. The van der Waals surface area contributed by atoms with Gasteiger partial charge in [0, 0.05) is 37.9 Å². The first-order chi connectivity index (χ1) is 27.1. The van der Waals surface area contributed by atoms with Crippen LogP contribution < -0.4 is 25.1 Å². The minimum absolute atomic E-state index is 0.00247. The van der Waals surface area contributed by atoms with Crippen LogP contribution in [0.1, 0.15) is 113 Å². The zero-order valence-electron chi connectivity index (χ0n) is 36.2. The standard InChI is InChI=1S/C46H68N6O5/c1-31(2)35-26-34(42(53)50(9)23-14-22-49(8)21-13-20-47-6)17-18-36(35)52-37(40-38(55-10)15-12-16-39(40)56-11)19-24-51(52)46-29-32-25-33(30-46)28-45(27-32,48-7)41(46)43(54)57-44(3,4)5/h7,12,15-19,24,26,31-33,37,41,47-48H,13-14,20-23,25,27-30H2,1-6,8-11H3. The fourth-order valence-corrected chi connectivity index (χ4v) is 10.8. The van der Waals surface area contributed by atoms with Crippen LogP contribution in [0.5, 0.6) is 11.5 Å². The number of ether oxygens (including phenoxy) is 3. The Bertz CT molecular complexity index is 1740. The van der Waals surface area contributed by atoms with E-state index in [2.05, 4.69) is 70.9 Å². The van der Waals surface area contributed by atoms with Crippen LogP contribution in [0.3, 0.4) is 0 Å². The maximum absolute atomic E-state index is 14.7. The van der Waals surface area contributed by atoms with Crippen LogP contribution >= 0.6 is 0 Å². The predicted molar refractivity (Wildman–Crippen MR) is 226 cm³/mol. The normalized spacial score (nSPS) is 26.5. The Kier molecular flexibility index (Phi) is 12.9. The molecule has 0 aromatic heterocycles. The van der Waals surface area contributed by atoms with Gasteiger partial charge in [-0.15, -0.1) is 0 Å². The zero-order valence-corrected chi connectivity index (χ0v) is 36.2. The van der Waals surface area contributed by atoms with Crippen LogP contribution in [0, 0.1) is 24.8 Å². The Hall–Kier alpha value is -3.80. The molecule has 11 nitrogen and oxygen atoms in total. The van der Waals surface area contributed by atoms with Gasteiger partial charge in [0.2, 0.25) is 0 Å². The van der Waals surface area contributed by atoms with E-state index in [1.807, 2.05) is 64.0 Å². The number of amides is 1. The van der Waals surface area contributed by atoms with Gasteiger partial charge in [0.05, 0.1) is 31.0 Å². The molecule has 0 spiro atoms.